The third-order valence-electron chi connectivity index (χ3n) is 3.38. The summed E-state index contributed by atoms with van der Waals surface area (Å²) in [5.41, 5.74) is 0.913. The highest BCUT2D eigenvalue weighted by Crippen LogP contribution is 2.17. The van der Waals surface area contributed by atoms with Crippen LogP contribution in [0.15, 0.2) is 12.5 Å². The lowest BCUT2D eigenvalue weighted by molar-refractivity contribution is -0.129. The summed E-state index contributed by atoms with van der Waals surface area (Å²) < 4.78 is 30.1. The average Bonchev–Trinajstić information content (AvgIpc) is 2.72. The Hall–Kier alpha value is -1.41. The van der Waals surface area contributed by atoms with E-state index in [0.29, 0.717) is 26.3 Å². The summed E-state index contributed by atoms with van der Waals surface area (Å²) >= 11 is 0. The number of aromatic nitrogens is 2. The summed E-state index contributed by atoms with van der Waals surface area (Å²) in [5.74, 6) is -0.694. The van der Waals surface area contributed by atoms with Crippen LogP contribution in [0.25, 0.3) is 0 Å². The first-order valence-corrected chi connectivity index (χ1v) is 8.97. The van der Waals surface area contributed by atoms with Crippen LogP contribution in [0.4, 0.5) is 0 Å². The van der Waals surface area contributed by atoms with Crippen LogP contribution in [0.2, 0.25) is 0 Å². The van der Waals surface area contributed by atoms with E-state index in [1.165, 1.54) is 0 Å². The molecule has 8 heteroatoms. The first kappa shape index (κ1) is 16.0. The largest absolute Gasteiger partial charge is 0.381 e. The molecule has 1 amide bonds. The number of sulfone groups is 1. The van der Waals surface area contributed by atoms with Crippen molar-refractivity contribution in [1.82, 2.24) is 14.5 Å². The Kier molecular flexibility index (Phi) is 5.00. The van der Waals surface area contributed by atoms with E-state index in [1.54, 1.807) is 17.4 Å². The number of hydrogen-bond donors (Lipinski definition) is 0. The molecule has 7 nitrogen and oxygen atoms in total. The van der Waals surface area contributed by atoms with E-state index in [2.05, 4.69) is 4.98 Å². The van der Waals surface area contributed by atoms with Crippen LogP contribution in [0.3, 0.4) is 0 Å². The first-order valence-electron chi connectivity index (χ1n) is 6.91. The van der Waals surface area contributed by atoms with Gasteiger partial charge in [-0.2, -0.15) is 0 Å². The second-order valence-electron chi connectivity index (χ2n) is 5.41. The van der Waals surface area contributed by atoms with Gasteiger partial charge in [-0.1, -0.05) is 0 Å². The van der Waals surface area contributed by atoms with Crippen LogP contribution < -0.4 is 0 Å². The molecule has 1 aliphatic rings. The number of ether oxygens (including phenoxy) is 1. The third kappa shape index (κ3) is 4.53. The highest BCUT2D eigenvalue weighted by molar-refractivity contribution is 7.91. The molecule has 1 atom stereocenters. The van der Waals surface area contributed by atoms with Gasteiger partial charge in [0.2, 0.25) is 5.91 Å². The molecule has 0 unspecified atom stereocenters. The van der Waals surface area contributed by atoms with E-state index >= 15 is 0 Å². The first-order chi connectivity index (χ1) is 9.89. The number of rotatable bonds is 5. The van der Waals surface area contributed by atoms with Gasteiger partial charge in [-0.3, -0.25) is 4.79 Å². The van der Waals surface area contributed by atoms with Crippen molar-refractivity contribution in [1.29, 1.82) is 0 Å². The third-order valence-corrected chi connectivity index (χ3v) is 4.15. The van der Waals surface area contributed by atoms with Crippen LogP contribution in [-0.2, 0) is 32.5 Å². The van der Waals surface area contributed by atoms with E-state index in [0.717, 1.165) is 18.5 Å². The highest BCUT2D eigenvalue weighted by atomic mass is 32.2. The van der Waals surface area contributed by atoms with Crippen LogP contribution in [0.1, 0.15) is 12.6 Å². The summed E-state index contributed by atoms with van der Waals surface area (Å²) in [6, 6.07) is 0. The molecule has 21 heavy (non-hydrogen) atoms. The zero-order valence-corrected chi connectivity index (χ0v) is 13.2. The Bertz CT molecular complexity index is 596. The summed E-state index contributed by atoms with van der Waals surface area (Å²) in [6.07, 6.45) is 4.52. The zero-order valence-electron chi connectivity index (χ0n) is 12.4. The number of imidazole rings is 1. The van der Waals surface area contributed by atoms with Gasteiger partial charge >= 0.3 is 0 Å². The molecular weight excluding hydrogens is 294 g/mol. The van der Waals surface area contributed by atoms with E-state index in [1.807, 2.05) is 11.5 Å². The minimum atomic E-state index is -3.33. The van der Waals surface area contributed by atoms with Crippen molar-refractivity contribution in [2.75, 3.05) is 31.8 Å². The zero-order chi connectivity index (χ0) is 15.5. The van der Waals surface area contributed by atoms with Gasteiger partial charge in [0.05, 0.1) is 25.2 Å². The monoisotopic (exact) mass is 315 g/mol. The predicted octanol–water partition coefficient (Wildman–Crippen LogP) is -0.0774. The minimum Gasteiger partial charge on any atom is -0.381 e. The van der Waals surface area contributed by atoms with Crippen LogP contribution in [-0.4, -0.2) is 60.5 Å². The molecule has 0 bridgehead atoms. The topological polar surface area (TPSA) is 81.5 Å². The number of nitrogens with zero attached hydrogens (tertiary/aromatic N) is 3. The maximum absolute atomic E-state index is 12.2. The van der Waals surface area contributed by atoms with Crippen LogP contribution >= 0.6 is 0 Å². The summed E-state index contributed by atoms with van der Waals surface area (Å²) in [4.78, 5) is 17.9. The van der Waals surface area contributed by atoms with Crippen molar-refractivity contribution in [3.63, 3.8) is 0 Å². The molecule has 0 saturated carbocycles. The molecule has 1 aliphatic heterocycles. The minimum absolute atomic E-state index is 0.129. The van der Waals surface area contributed by atoms with Crippen molar-refractivity contribution in [3.05, 3.63) is 18.2 Å². The summed E-state index contributed by atoms with van der Waals surface area (Å²) in [6.45, 7) is 4.68. The Morgan fingerprint density at radius 1 is 1.48 bits per heavy atom. The van der Waals surface area contributed by atoms with Gasteiger partial charge in [-0.05, 0) is 6.92 Å². The molecule has 2 heterocycles. The lowest BCUT2D eigenvalue weighted by atomic mass is 10.1. The molecule has 0 fully saturated rings. The molecule has 2 rings (SSSR count). The van der Waals surface area contributed by atoms with Gasteiger partial charge < -0.3 is 14.2 Å². The van der Waals surface area contributed by atoms with Gasteiger partial charge in [-0.15, -0.1) is 0 Å². The van der Waals surface area contributed by atoms with E-state index in [4.69, 9.17) is 4.74 Å². The molecule has 118 valence electrons. The van der Waals surface area contributed by atoms with Crippen molar-refractivity contribution < 1.29 is 17.9 Å². The lowest BCUT2D eigenvalue weighted by Crippen LogP contribution is -2.38. The molecule has 1 aromatic heterocycles. The molecule has 0 spiro atoms. The number of hydrogen-bond acceptors (Lipinski definition) is 5. The van der Waals surface area contributed by atoms with Gasteiger partial charge in [0.15, 0.2) is 9.84 Å². The van der Waals surface area contributed by atoms with Crippen molar-refractivity contribution in [2.45, 2.75) is 20.0 Å². The Morgan fingerprint density at radius 3 is 2.90 bits per heavy atom. The molecule has 1 aromatic rings. The summed E-state index contributed by atoms with van der Waals surface area (Å²) in [7, 11) is -3.33. The van der Waals surface area contributed by atoms with Gasteiger partial charge in [0.25, 0.3) is 0 Å². The fraction of sp³-hybridized carbons (Fsp3) is 0.692. The molecule has 0 saturated heterocycles. The van der Waals surface area contributed by atoms with Crippen molar-refractivity contribution >= 4 is 15.7 Å². The molecule has 0 aliphatic carbocycles. The number of carbonyl (C=O) groups is 1. The van der Waals surface area contributed by atoms with Gasteiger partial charge in [0, 0.05) is 38.1 Å². The van der Waals surface area contributed by atoms with Crippen molar-refractivity contribution in [2.24, 2.45) is 5.92 Å². The Balaban J connectivity index is 2.15. The fourth-order valence-electron chi connectivity index (χ4n) is 2.45. The predicted molar refractivity (Wildman–Crippen MR) is 77.3 cm³/mol. The normalized spacial score (nSPS) is 19.1. The molecular formula is C13H21N3O4S. The second-order valence-corrected chi connectivity index (χ2v) is 7.55. The van der Waals surface area contributed by atoms with Gasteiger partial charge in [-0.25, -0.2) is 13.4 Å². The smallest absolute Gasteiger partial charge is 0.238 e. The van der Waals surface area contributed by atoms with Crippen LogP contribution in [0, 0.1) is 5.92 Å². The quantitative estimate of drug-likeness (QED) is 0.759. The molecule has 0 radical (unpaired) electrons. The standard InChI is InChI=1S/C13H21N3O4S/c1-3-20-8-11-5-15(13(17)9-21(2,18)19)7-12-4-14-10-16(12)6-11/h4,10-11H,3,5-9H2,1-2H3/t11-/m1/s1. The maximum atomic E-state index is 12.2. The van der Waals surface area contributed by atoms with Crippen LogP contribution in [0.5, 0.6) is 0 Å². The average molecular weight is 315 g/mol. The Labute approximate surface area is 124 Å². The number of carbonyl (C=O) groups excluding carboxylic acids is 1. The van der Waals surface area contributed by atoms with Crippen molar-refractivity contribution in [3.8, 4) is 0 Å². The molecule has 0 N–H and O–H groups in total. The number of amides is 1. The molecule has 0 aromatic carbocycles. The van der Waals surface area contributed by atoms with E-state index < -0.39 is 15.6 Å². The SMILES string of the molecule is CCOC[C@@H]1CN(C(=O)CS(C)(=O)=O)Cc2cncn2C1. The van der Waals surface area contributed by atoms with Gasteiger partial charge in [0.1, 0.15) is 5.75 Å². The fourth-order valence-corrected chi connectivity index (χ4v) is 3.08. The lowest BCUT2D eigenvalue weighted by Gasteiger charge is -2.23. The second kappa shape index (κ2) is 6.57. The maximum Gasteiger partial charge on any atom is 0.238 e. The number of fused-ring (bicyclic) bond motifs is 1. The summed E-state index contributed by atoms with van der Waals surface area (Å²) in [5, 5.41) is 0. The highest BCUT2D eigenvalue weighted by Gasteiger charge is 2.26. The Morgan fingerprint density at radius 2 is 2.24 bits per heavy atom. The van der Waals surface area contributed by atoms with E-state index in [9.17, 15) is 13.2 Å². The van der Waals surface area contributed by atoms with E-state index in [-0.39, 0.29) is 11.8 Å².